The van der Waals surface area contributed by atoms with E-state index in [0.717, 1.165) is 0 Å². The first-order chi connectivity index (χ1) is 14.2. The molecule has 1 aliphatic rings. The highest BCUT2D eigenvalue weighted by Crippen LogP contribution is 2.40. The molecule has 0 spiro atoms. The fourth-order valence-corrected chi connectivity index (χ4v) is 3.44. The normalized spacial score (nSPS) is 16.9. The van der Waals surface area contributed by atoms with E-state index in [2.05, 4.69) is 0 Å². The zero-order valence-electron chi connectivity index (χ0n) is 17.4. The number of cyclic esters (lactones) is 2. The van der Waals surface area contributed by atoms with Gasteiger partial charge < -0.3 is 18.9 Å². The molecule has 7 heteroatoms. The van der Waals surface area contributed by atoms with Gasteiger partial charge in [0.2, 0.25) is 0 Å². The maximum atomic E-state index is 13.1. The number of esters is 2. The summed E-state index contributed by atoms with van der Waals surface area (Å²) < 4.78 is 21.3. The number of Topliss-reactive ketones (excluding diaryl/α,β-unsaturated/α-hetero) is 1. The predicted octanol–water partition coefficient (Wildman–Crippen LogP) is 3.34. The molecular formula is C23H24O7. The fourth-order valence-electron chi connectivity index (χ4n) is 3.44. The Kier molecular flexibility index (Phi) is 5.82. The first kappa shape index (κ1) is 21.4. The van der Waals surface area contributed by atoms with E-state index in [4.69, 9.17) is 18.9 Å². The van der Waals surface area contributed by atoms with Gasteiger partial charge >= 0.3 is 11.9 Å². The van der Waals surface area contributed by atoms with Crippen molar-refractivity contribution >= 4 is 17.7 Å². The van der Waals surface area contributed by atoms with E-state index in [9.17, 15) is 14.4 Å². The molecular weight excluding hydrogens is 388 g/mol. The molecule has 30 heavy (non-hydrogen) atoms. The number of rotatable bonds is 7. The summed E-state index contributed by atoms with van der Waals surface area (Å²) in [6.07, 6.45) is -0.460. The second-order valence-corrected chi connectivity index (χ2v) is 7.59. The number of ketones is 1. The summed E-state index contributed by atoms with van der Waals surface area (Å²) in [5.41, 5.74) is -0.807. The van der Waals surface area contributed by atoms with Crippen molar-refractivity contribution in [2.24, 2.45) is 5.41 Å². The molecule has 7 nitrogen and oxygen atoms in total. The van der Waals surface area contributed by atoms with Gasteiger partial charge in [-0.15, -0.1) is 0 Å². The zero-order chi connectivity index (χ0) is 21.9. The highest BCUT2D eigenvalue weighted by Gasteiger charge is 2.57. The summed E-state index contributed by atoms with van der Waals surface area (Å²) in [5, 5.41) is 0. The van der Waals surface area contributed by atoms with E-state index < -0.39 is 23.1 Å². The van der Waals surface area contributed by atoms with E-state index in [0.29, 0.717) is 22.6 Å². The van der Waals surface area contributed by atoms with Crippen LogP contribution in [0.2, 0.25) is 0 Å². The Bertz CT molecular complexity index is 943. The van der Waals surface area contributed by atoms with Crippen molar-refractivity contribution < 1.29 is 33.3 Å². The lowest BCUT2D eigenvalue weighted by Gasteiger charge is -2.40. The van der Waals surface area contributed by atoms with Gasteiger partial charge in [-0.3, -0.25) is 14.4 Å². The first-order valence-electron chi connectivity index (χ1n) is 9.47. The molecule has 2 aromatic carbocycles. The van der Waals surface area contributed by atoms with Gasteiger partial charge in [0.05, 0.1) is 14.2 Å². The number of carbonyl (C=O) groups is 3. The lowest BCUT2D eigenvalue weighted by atomic mass is 9.75. The number of methoxy groups -OCH3 is 2. The quantitative estimate of drug-likeness (QED) is 0.391. The number of benzene rings is 2. The minimum Gasteiger partial charge on any atom is -0.493 e. The SMILES string of the molecule is COc1ccc(CC2(CC(=O)c3ccccc3)C(=O)OC(C)(C)OC2=O)cc1OC. The summed E-state index contributed by atoms with van der Waals surface area (Å²) in [4.78, 5) is 39.0. The second-order valence-electron chi connectivity index (χ2n) is 7.59. The Morgan fingerprint density at radius 2 is 1.50 bits per heavy atom. The standard InChI is InChI=1S/C23H24O7/c1-22(2)29-20(25)23(21(26)30-22,14-17(24)16-8-6-5-7-9-16)13-15-10-11-18(27-3)19(12-15)28-4/h5-12H,13-14H2,1-4H3. The third kappa shape index (κ3) is 4.15. The monoisotopic (exact) mass is 412 g/mol. The van der Waals surface area contributed by atoms with Crippen LogP contribution in [-0.2, 0) is 25.5 Å². The molecule has 1 aliphatic heterocycles. The largest absolute Gasteiger partial charge is 0.493 e. The van der Waals surface area contributed by atoms with Crippen LogP contribution in [0.25, 0.3) is 0 Å². The van der Waals surface area contributed by atoms with E-state index >= 15 is 0 Å². The summed E-state index contributed by atoms with van der Waals surface area (Å²) >= 11 is 0. The van der Waals surface area contributed by atoms with Gasteiger partial charge in [-0.25, -0.2) is 0 Å². The number of hydrogen-bond acceptors (Lipinski definition) is 7. The van der Waals surface area contributed by atoms with Crippen molar-refractivity contribution in [3.05, 3.63) is 59.7 Å². The van der Waals surface area contributed by atoms with E-state index in [1.165, 1.54) is 28.1 Å². The Labute approximate surface area is 174 Å². The predicted molar refractivity (Wildman–Crippen MR) is 107 cm³/mol. The van der Waals surface area contributed by atoms with Crippen LogP contribution in [0.5, 0.6) is 11.5 Å². The Morgan fingerprint density at radius 1 is 0.900 bits per heavy atom. The topological polar surface area (TPSA) is 88.1 Å². The molecule has 158 valence electrons. The van der Waals surface area contributed by atoms with Crippen LogP contribution in [0, 0.1) is 5.41 Å². The van der Waals surface area contributed by atoms with Crippen LogP contribution in [-0.4, -0.2) is 37.7 Å². The molecule has 1 heterocycles. The molecule has 1 saturated heterocycles. The first-order valence-corrected chi connectivity index (χ1v) is 9.47. The van der Waals surface area contributed by atoms with Crippen molar-refractivity contribution in [1.82, 2.24) is 0 Å². The number of hydrogen-bond donors (Lipinski definition) is 0. The van der Waals surface area contributed by atoms with Gasteiger partial charge in [-0.05, 0) is 24.1 Å². The average molecular weight is 412 g/mol. The summed E-state index contributed by atoms with van der Waals surface area (Å²) in [6, 6.07) is 13.5. The van der Waals surface area contributed by atoms with Gasteiger partial charge in [-0.2, -0.15) is 0 Å². The van der Waals surface area contributed by atoms with Gasteiger partial charge in [0.1, 0.15) is 0 Å². The third-order valence-electron chi connectivity index (χ3n) is 4.97. The lowest BCUT2D eigenvalue weighted by Crippen LogP contribution is -2.55. The van der Waals surface area contributed by atoms with Crippen LogP contribution in [0.3, 0.4) is 0 Å². The lowest BCUT2D eigenvalue weighted by molar-refractivity contribution is -0.250. The fraction of sp³-hybridized carbons (Fsp3) is 0.348. The van der Waals surface area contributed by atoms with Crippen LogP contribution in [0.1, 0.15) is 36.2 Å². The third-order valence-corrected chi connectivity index (χ3v) is 4.97. The molecule has 1 fully saturated rings. The van der Waals surface area contributed by atoms with Crippen molar-refractivity contribution in [2.45, 2.75) is 32.5 Å². The summed E-state index contributed by atoms with van der Waals surface area (Å²) in [5.74, 6) is -2.39. The molecule has 0 unspecified atom stereocenters. The molecule has 0 aromatic heterocycles. The van der Waals surface area contributed by atoms with Crippen LogP contribution in [0.4, 0.5) is 0 Å². The molecule has 0 amide bonds. The van der Waals surface area contributed by atoms with Crippen LogP contribution >= 0.6 is 0 Å². The van der Waals surface area contributed by atoms with Crippen molar-refractivity contribution in [3.8, 4) is 11.5 Å². The van der Waals surface area contributed by atoms with Crippen LogP contribution in [0.15, 0.2) is 48.5 Å². The highest BCUT2D eigenvalue weighted by atomic mass is 16.7. The number of ether oxygens (including phenoxy) is 4. The minimum atomic E-state index is -1.80. The Hall–Kier alpha value is -3.35. The van der Waals surface area contributed by atoms with Gasteiger partial charge in [0.25, 0.3) is 5.79 Å². The van der Waals surface area contributed by atoms with Crippen molar-refractivity contribution in [2.75, 3.05) is 14.2 Å². The van der Waals surface area contributed by atoms with Gasteiger partial charge in [0, 0.05) is 25.8 Å². The highest BCUT2D eigenvalue weighted by molar-refractivity contribution is 6.08. The van der Waals surface area contributed by atoms with Gasteiger partial charge in [-0.1, -0.05) is 36.4 Å². The second kappa shape index (κ2) is 8.18. The molecule has 2 aromatic rings. The minimum absolute atomic E-state index is 0.0837. The Morgan fingerprint density at radius 3 is 2.07 bits per heavy atom. The molecule has 0 N–H and O–H groups in total. The van der Waals surface area contributed by atoms with Crippen LogP contribution < -0.4 is 9.47 Å². The van der Waals surface area contributed by atoms with E-state index in [1.807, 2.05) is 0 Å². The summed E-state index contributed by atoms with van der Waals surface area (Å²) in [7, 11) is 3.00. The van der Waals surface area contributed by atoms with Crippen molar-refractivity contribution in [3.63, 3.8) is 0 Å². The Balaban J connectivity index is 2.01. The average Bonchev–Trinajstić information content (AvgIpc) is 2.71. The molecule has 0 radical (unpaired) electrons. The summed E-state index contributed by atoms with van der Waals surface area (Å²) in [6.45, 7) is 2.95. The molecule has 0 atom stereocenters. The van der Waals surface area contributed by atoms with Crippen molar-refractivity contribution in [1.29, 1.82) is 0 Å². The molecule has 0 aliphatic carbocycles. The van der Waals surface area contributed by atoms with E-state index in [1.54, 1.807) is 48.5 Å². The van der Waals surface area contributed by atoms with E-state index in [-0.39, 0.29) is 18.6 Å². The molecule has 0 bridgehead atoms. The zero-order valence-corrected chi connectivity index (χ0v) is 17.4. The number of carbonyl (C=O) groups excluding carboxylic acids is 3. The maximum Gasteiger partial charge on any atom is 0.327 e. The van der Waals surface area contributed by atoms with Gasteiger partial charge in [0.15, 0.2) is 22.7 Å². The molecule has 0 saturated carbocycles. The maximum absolute atomic E-state index is 13.1. The molecule has 3 rings (SSSR count). The smallest absolute Gasteiger partial charge is 0.327 e.